The molecule has 0 saturated heterocycles. The Kier molecular flexibility index (Phi) is 3.78. The molecule has 3 aromatic rings. The van der Waals surface area contributed by atoms with Crippen LogP contribution in [-0.2, 0) is 19.5 Å². The molecule has 0 aliphatic heterocycles. The summed E-state index contributed by atoms with van der Waals surface area (Å²) in [5, 5.41) is 12.4. The highest BCUT2D eigenvalue weighted by Crippen LogP contribution is 1.98. The van der Waals surface area contributed by atoms with Gasteiger partial charge in [-0.15, -0.1) is 10.2 Å². The third-order valence-corrected chi connectivity index (χ3v) is 3.25. The van der Waals surface area contributed by atoms with E-state index >= 15 is 0 Å². The van der Waals surface area contributed by atoms with Crippen LogP contribution in [0, 0.1) is 0 Å². The third kappa shape index (κ3) is 2.84. The second kappa shape index (κ2) is 5.88. The van der Waals surface area contributed by atoms with Gasteiger partial charge in [0.05, 0.1) is 18.8 Å². The molecule has 2 N–H and O–H groups in total. The van der Waals surface area contributed by atoms with Gasteiger partial charge in [0.25, 0.3) is 0 Å². The first-order valence-electron chi connectivity index (χ1n) is 6.91. The van der Waals surface area contributed by atoms with Gasteiger partial charge in [-0.1, -0.05) is 11.3 Å². The largest absolute Gasteiger partial charge is 0.350 e. The maximum Gasteiger partial charge on any atom is 0.350 e. The molecule has 21 heavy (non-hydrogen) atoms. The van der Waals surface area contributed by atoms with Crippen LogP contribution >= 0.6 is 0 Å². The van der Waals surface area contributed by atoms with E-state index in [0.717, 1.165) is 18.5 Å². The quantitative estimate of drug-likeness (QED) is 0.670. The summed E-state index contributed by atoms with van der Waals surface area (Å²) in [5.74, 6) is 0. The minimum atomic E-state index is -0.144. The first-order valence-corrected chi connectivity index (χ1v) is 6.91. The average molecular weight is 287 g/mol. The number of nitrogens with two attached hydrogens (primary N) is 1. The van der Waals surface area contributed by atoms with Crippen LogP contribution in [0.3, 0.4) is 0 Å². The number of pyridine rings is 1. The van der Waals surface area contributed by atoms with E-state index in [4.69, 9.17) is 5.73 Å². The smallest absolute Gasteiger partial charge is 0.330 e. The summed E-state index contributed by atoms with van der Waals surface area (Å²) in [4.78, 5) is 12.1. The van der Waals surface area contributed by atoms with E-state index in [1.807, 2.05) is 18.3 Å². The summed E-state index contributed by atoms with van der Waals surface area (Å²) < 4.78 is 4.69. The van der Waals surface area contributed by atoms with Gasteiger partial charge in [-0.2, -0.15) is 0 Å². The second-order valence-corrected chi connectivity index (χ2v) is 4.80. The molecule has 3 aromatic heterocycles. The molecule has 110 valence electrons. The molecule has 0 unspecified atom stereocenters. The normalized spacial score (nSPS) is 11.3. The predicted molar refractivity (Wildman–Crippen MR) is 76.8 cm³/mol. The molecule has 0 saturated carbocycles. The molecular formula is C13H17N7O. The molecule has 0 fully saturated rings. The lowest BCUT2D eigenvalue weighted by Crippen LogP contribution is -2.23. The van der Waals surface area contributed by atoms with Crippen LogP contribution in [0.2, 0.25) is 0 Å². The number of rotatable bonds is 6. The Morgan fingerprint density at radius 2 is 2.14 bits per heavy atom. The van der Waals surface area contributed by atoms with E-state index in [2.05, 4.69) is 15.4 Å². The minimum absolute atomic E-state index is 0.144. The van der Waals surface area contributed by atoms with Crippen molar-refractivity contribution in [2.75, 3.05) is 6.54 Å². The molecule has 8 nitrogen and oxygen atoms in total. The molecule has 3 heterocycles. The van der Waals surface area contributed by atoms with Crippen LogP contribution in [0.1, 0.15) is 12.1 Å². The van der Waals surface area contributed by atoms with Crippen molar-refractivity contribution < 1.29 is 0 Å². The number of aromatic nitrogens is 6. The number of hydrogen-bond donors (Lipinski definition) is 1. The van der Waals surface area contributed by atoms with Gasteiger partial charge in [0.1, 0.15) is 0 Å². The van der Waals surface area contributed by atoms with E-state index in [1.54, 1.807) is 16.9 Å². The average Bonchev–Trinajstić information content (AvgIpc) is 3.08. The molecule has 0 atom stereocenters. The Hall–Kier alpha value is -2.48. The zero-order chi connectivity index (χ0) is 14.7. The van der Waals surface area contributed by atoms with Crippen molar-refractivity contribution in [1.82, 2.24) is 29.2 Å². The van der Waals surface area contributed by atoms with Crippen molar-refractivity contribution in [3.8, 4) is 0 Å². The molecule has 0 spiro atoms. The third-order valence-electron chi connectivity index (χ3n) is 3.25. The zero-order valence-corrected chi connectivity index (χ0v) is 11.6. The van der Waals surface area contributed by atoms with Crippen molar-refractivity contribution in [1.29, 1.82) is 0 Å². The van der Waals surface area contributed by atoms with Crippen molar-refractivity contribution >= 4 is 5.65 Å². The summed E-state index contributed by atoms with van der Waals surface area (Å²) in [6, 6.07) is 5.47. The van der Waals surface area contributed by atoms with Gasteiger partial charge in [-0.05, 0) is 31.5 Å². The molecule has 0 radical (unpaired) electrons. The molecule has 8 heteroatoms. The van der Waals surface area contributed by atoms with Crippen LogP contribution in [-0.4, -0.2) is 35.7 Å². The Morgan fingerprint density at radius 3 is 2.95 bits per heavy atom. The topological polar surface area (TPSA) is 96.0 Å². The van der Waals surface area contributed by atoms with Gasteiger partial charge in [0.2, 0.25) is 0 Å². The highest BCUT2D eigenvalue weighted by molar-refractivity contribution is 5.35. The van der Waals surface area contributed by atoms with Crippen LogP contribution in [0.25, 0.3) is 5.65 Å². The Balaban J connectivity index is 1.70. The molecule has 0 bridgehead atoms. The van der Waals surface area contributed by atoms with Crippen LogP contribution in [0.4, 0.5) is 0 Å². The lowest BCUT2D eigenvalue weighted by atomic mass is 10.2. The van der Waals surface area contributed by atoms with Gasteiger partial charge in [0.15, 0.2) is 5.65 Å². The fraction of sp³-hybridized carbons (Fsp3) is 0.385. The van der Waals surface area contributed by atoms with Gasteiger partial charge in [-0.25, -0.2) is 9.48 Å². The monoisotopic (exact) mass is 287 g/mol. The summed E-state index contributed by atoms with van der Waals surface area (Å²) in [6.45, 7) is 1.66. The Bertz CT molecular complexity index is 785. The number of fused-ring (bicyclic) bond motifs is 1. The highest BCUT2D eigenvalue weighted by atomic mass is 16.2. The summed E-state index contributed by atoms with van der Waals surface area (Å²) in [7, 11) is 0. The summed E-state index contributed by atoms with van der Waals surface area (Å²) in [6.07, 6.45) is 5.31. The van der Waals surface area contributed by atoms with Crippen LogP contribution in [0.5, 0.6) is 0 Å². The maximum atomic E-state index is 12.1. The van der Waals surface area contributed by atoms with E-state index < -0.39 is 0 Å². The first-order chi connectivity index (χ1) is 10.3. The molecule has 3 rings (SSSR count). The highest BCUT2D eigenvalue weighted by Gasteiger charge is 2.06. The van der Waals surface area contributed by atoms with Crippen LogP contribution in [0.15, 0.2) is 35.4 Å². The first kappa shape index (κ1) is 13.5. The molecule has 0 aliphatic rings. The maximum absolute atomic E-state index is 12.1. The second-order valence-electron chi connectivity index (χ2n) is 4.80. The van der Waals surface area contributed by atoms with E-state index in [0.29, 0.717) is 25.3 Å². The van der Waals surface area contributed by atoms with E-state index in [9.17, 15) is 4.79 Å². The zero-order valence-electron chi connectivity index (χ0n) is 11.6. The fourth-order valence-electron chi connectivity index (χ4n) is 2.16. The Labute approximate surface area is 120 Å². The number of aryl methyl sites for hydroxylation is 3. The van der Waals surface area contributed by atoms with Gasteiger partial charge < -0.3 is 5.73 Å². The molecular weight excluding hydrogens is 270 g/mol. The summed E-state index contributed by atoms with van der Waals surface area (Å²) >= 11 is 0. The Morgan fingerprint density at radius 1 is 1.24 bits per heavy atom. The minimum Gasteiger partial charge on any atom is -0.330 e. The molecule has 0 amide bonds. The van der Waals surface area contributed by atoms with E-state index in [-0.39, 0.29) is 5.69 Å². The molecule has 0 aromatic carbocycles. The fourth-order valence-corrected chi connectivity index (χ4v) is 2.16. The standard InChI is InChI=1S/C13H17N7O/c14-6-3-4-11-10-18(17-15-11)8-9-20-13(21)19-7-2-1-5-12(19)16-20/h1-2,5,7,10H,3-4,6,8-9,14H2. The summed E-state index contributed by atoms with van der Waals surface area (Å²) in [5.41, 5.74) is 6.89. The number of hydrogen-bond acceptors (Lipinski definition) is 5. The predicted octanol–water partition coefficient (Wildman–Crippen LogP) is -0.321. The molecule has 0 aliphatic carbocycles. The van der Waals surface area contributed by atoms with Crippen molar-refractivity contribution in [3.63, 3.8) is 0 Å². The van der Waals surface area contributed by atoms with Gasteiger partial charge in [-0.3, -0.25) is 9.08 Å². The van der Waals surface area contributed by atoms with Crippen LogP contribution < -0.4 is 11.4 Å². The van der Waals surface area contributed by atoms with Crippen molar-refractivity contribution in [2.45, 2.75) is 25.9 Å². The lowest BCUT2D eigenvalue weighted by Gasteiger charge is -1.98. The van der Waals surface area contributed by atoms with Crippen molar-refractivity contribution in [3.05, 3.63) is 46.8 Å². The van der Waals surface area contributed by atoms with Gasteiger partial charge in [0, 0.05) is 12.4 Å². The van der Waals surface area contributed by atoms with Crippen molar-refractivity contribution in [2.24, 2.45) is 5.73 Å². The van der Waals surface area contributed by atoms with Gasteiger partial charge >= 0.3 is 5.69 Å². The lowest BCUT2D eigenvalue weighted by molar-refractivity contribution is 0.480. The van der Waals surface area contributed by atoms with E-state index in [1.165, 1.54) is 9.08 Å². The SMILES string of the molecule is NCCCc1cn(CCn2nc3ccccn3c2=O)nn1. The number of nitrogens with zero attached hydrogens (tertiary/aromatic N) is 6.